The minimum absolute atomic E-state index is 0.856. The Hall–Kier alpha value is -0.260. The van der Waals surface area contributed by atoms with Crippen molar-refractivity contribution in [3.63, 3.8) is 0 Å². The lowest BCUT2D eigenvalue weighted by Gasteiger charge is -2.11. The average molecular weight is 179 g/mol. The van der Waals surface area contributed by atoms with Crippen LogP contribution in [0.5, 0.6) is 0 Å². The molecule has 1 rings (SSSR count). The maximum atomic E-state index is 4.03. The van der Waals surface area contributed by atoms with Crippen molar-refractivity contribution >= 4 is 0 Å². The zero-order valence-corrected chi connectivity index (χ0v) is 8.80. The smallest absolute Gasteiger partial charge is 0.0322 e. The van der Waals surface area contributed by atoms with Crippen LogP contribution in [0, 0.1) is 12.8 Å². The summed E-state index contributed by atoms with van der Waals surface area (Å²) >= 11 is 0. The third-order valence-electron chi connectivity index (χ3n) is 3.03. The SMILES string of the molecule is [CH2]CC1CC=CCCCCCCC1. The maximum Gasteiger partial charge on any atom is -0.0322 e. The van der Waals surface area contributed by atoms with Gasteiger partial charge in [0, 0.05) is 0 Å². The lowest BCUT2D eigenvalue weighted by atomic mass is 9.95. The summed E-state index contributed by atoms with van der Waals surface area (Å²) in [6.07, 6.45) is 17.0. The molecule has 13 heavy (non-hydrogen) atoms. The Balaban J connectivity index is 2.28. The molecular formula is C13H23. The van der Waals surface area contributed by atoms with Gasteiger partial charge in [0.2, 0.25) is 0 Å². The summed E-state index contributed by atoms with van der Waals surface area (Å²) in [4.78, 5) is 0. The van der Waals surface area contributed by atoms with Crippen LogP contribution >= 0.6 is 0 Å². The molecule has 0 aromatic rings. The van der Waals surface area contributed by atoms with Crippen LogP contribution in [0.25, 0.3) is 0 Å². The van der Waals surface area contributed by atoms with Crippen molar-refractivity contribution in [2.75, 3.05) is 0 Å². The van der Waals surface area contributed by atoms with Crippen molar-refractivity contribution in [2.45, 2.75) is 57.8 Å². The molecule has 0 heteroatoms. The maximum absolute atomic E-state index is 4.03. The third kappa shape index (κ3) is 5.13. The first-order chi connectivity index (χ1) is 6.43. The van der Waals surface area contributed by atoms with Crippen LogP contribution in [0.1, 0.15) is 57.8 Å². The first kappa shape index (κ1) is 10.8. The number of allylic oxidation sites excluding steroid dienone is 2. The second-order valence-electron chi connectivity index (χ2n) is 4.21. The van der Waals surface area contributed by atoms with Gasteiger partial charge in [0.25, 0.3) is 0 Å². The highest BCUT2D eigenvalue weighted by Gasteiger charge is 2.04. The molecule has 0 saturated carbocycles. The monoisotopic (exact) mass is 179 g/mol. The van der Waals surface area contributed by atoms with Crippen molar-refractivity contribution in [3.05, 3.63) is 19.1 Å². The molecule has 0 nitrogen and oxygen atoms in total. The summed E-state index contributed by atoms with van der Waals surface area (Å²) in [5.74, 6) is 0.856. The molecule has 0 bridgehead atoms. The standard InChI is InChI=1S/C13H23/c1-2-13-11-9-7-5-3-4-6-8-10-12-13/h7,9,13H,1-6,8,10-12H2. The summed E-state index contributed by atoms with van der Waals surface area (Å²) in [6, 6.07) is 0. The van der Waals surface area contributed by atoms with Gasteiger partial charge in [0.15, 0.2) is 0 Å². The van der Waals surface area contributed by atoms with Crippen LogP contribution in [0.15, 0.2) is 12.2 Å². The molecule has 0 saturated heterocycles. The topological polar surface area (TPSA) is 0 Å². The zero-order valence-electron chi connectivity index (χ0n) is 8.80. The third-order valence-corrected chi connectivity index (χ3v) is 3.03. The van der Waals surface area contributed by atoms with E-state index in [1.165, 1.54) is 51.4 Å². The predicted molar refractivity (Wildman–Crippen MR) is 59.5 cm³/mol. The van der Waals surface area contributed by atoms with E-state index in [-0.39, 0.29) is 0 Å². The minimum atomic E-state index is 0.856. The number of hydrogen-bond acceptors (Lipinski definition) is 0. The van der Waals surface area contributed by atoms with Gasteiger partial charge in [0.05, 0.1) is 0 Å². The van der Waals surface area contributed by atoms with E-state index >= 15 is 0 Å². The molecule has 1 aliphatic rings. The number of hydrogen-bond donors (Lipinski definition) is 0. The molecule has 0 aromatic carbocycles. The molecule has 1 aliphatic carbocycles. The molecule has 0 amide bonds. The average Bonchev–Trinajstić information content (AvgIpc) is 2.22. The van der Waals surface area contributed by atoms with Crippen molar-refractivity contribution in [3.8, 4) is 0 Å². The molecule has 0 heterocycles. The van der Waals surface area contributed by atoms with Gasteiger partial charge in [-0.25, -0.2) is 0 Å². The molecule has 0 fully saturated rings. The highest BCUT2D eigenvalue weighted by molar-refractivity contribution is 4.84. The molecule has 0 spiro atoms. The van der Waals surface area contributed by atoms with Crippen LogP contribution in [-0.2, 0) is 0 Å². The fourth-order valence-corrected chi connectivity index (χ4v) is 2.01. The second kappa shape index (κ2) is 7.17. The summed E-state index contributed by atoms with van der Waals surface area (Å²) in [5, 5.41) is 0. The summed E-state index contributed by atoms with van der Waals surface area (Å²) in [5.41, 5.74) is 0. The van der Waals surface area contributed by atoms with E-state index in [0.717, 1.165) is 12.3 Å². The first-order valence-corrected chi connectivity index (χ1v) is 5.87. The van der Waals surface area contributed by atoms with E-state index in [2.05, 4.69) is 19.1 Å². The molecular weight excluding hydrogens is 156 g/mol. The molecule has 1 radical (unpaired) electrons. The Labute approximate surface area is 83.4 Å². The molecule has 0 aliphatic heterocycles. The van der Waals surface area contributed by atoms with Gasteiger partial charge in [0.1, 0.15) is 0 Å². The van der Waals surface area contributed by atoms with E-state index < -0.39 is 0 Å². The second-order valence-corrected chi connectivity index (χ2v) is 4.21. The van der Waals surface area contributed by atoms with Gasteiger partial charge in [-0.1, -0.05) is 57.6 Å². The Bertz CT molecular complexity index is 135. The van der Waals surface area contributed by atoms with Gasteiger partial charge in [-0.15, -0.1) is 0 Å². The van der Waals surface area contributed by atoms with E-state index in [4.69, 9.17) is 0 Å². The van der Waals surface area contributed by atoms with Gasteiger partial charge in [-0.3, -0.25) is 0 Å². The molecule has 0 N–H and O–H groups in total. The molecule has 1 unspecified atom stereocenters. The highest BCUT2D eigenvalue weighted by Crippen LogP contribution is 2.19. The fraction of sp³-hybridized carbons (Fsp3) is 0.769. The highest BCUT2D eigenvalue weighted by atomic mass is 14.1. The van der Waals surface area contributed by atoms with Crippen molar-refractivity contribution < 1.29 is 0 Å². The molecule has 1 atom stereocenters. The van der Waals surface area contributed by atoms with Gasteiger partial charge < -0.3 is 0 Å². The first-order valence-electron chi connectivity index (χ1n) is 5.87. The van der Waals surface area contributed by atoms with Crippen molar-refractivity contribution in [1.82, 2.24) is 0 Å². The van der Waals surface area contributed by atoms with Crippen LogP contribution in [0.4, 0.5) is 0 Å². The summed E-state index contributed by atoms with van der Waals surface area (Å²) in [6.45, 7) is 4.03. The Morgan fingerprint density at radius 2 is 1.77 bits per heavy atom. The van der Waals surface area contributed by atoms with Gasteiger partial charge in [-0.2, -0.15) is 0 Å². The van der Waals surface area contributed by atoms with Crippen LogP contribution in [0.2, 0.25) is 0 Å². The van der Waals surface area contributed by atoms with Gasteiger partial charge >= 0.3 is 0 Å². The lowest BCUT2D eigenvalue weighted by Crippen LogP contribution is -1.96. The Morgan fingerprint density at radius 1 is 1.00 bits per heavy atom. The zero-order chi connectivity index (χ0) is 9.36. The summed E-state index contributed by atoms with van der Waals surface area (Å²) < 4.78 is 0. The van der Waals surface area contributed by atoms with Crippen LogP contribution < -0.4 is 0 Å². The quantitative estimate of drug-likeness (QED) is 0.519. The van der Waals surface area contributed by atoms with Crippen LogP contribution in [-0.4, -0.2) is 0 Å². The van der Waals surface area contributed by atoms with Crippen LogP contribution in [0.3, 0.4) is 0 Å². The van der Waals surface area contributed by atoms with Gasteiger partial charge in [-0.05, 0) is 25.2 Å². The lowest BCUT2D eigenvalue weighted by molar-refractivity contribution is 0.460. The van der Waals surface area contributed by atoms with E-state index in [0.29, 0.717) is 0 Å². The Kier molecular flexibility index (Phi) is 5.97. The largest absolute Gasteiger partial charge is 0.0885 e. The molecule has 0 aromatic heterocycles. The fourth-order valence-electron chi connectivity index (χ4n) is 2.01. The van der Waals surface area contributed by atoms with Crippen molar-refractivity contribution in [2.24, 2.45) is 5.92 Å². The van der Waals surface area contributed by atoms with Crippen molar-refractivity contribution in [1.29, 1.82) is 0 Å². The summed E-state index contributed by atoms with van der Waals surface area (Å²) in [7, 11) is 0. The normalized spacial score (nSPS) is 26.7. The van der Waals surface area contributed by atoms with E-state index in [1.807, 2.05) is 0 Å². The van der Waals surface area contributed by atoms with E-state index in [9.17, 15) is 0 Å². The molecule has 75 valence electrons. The Morgan fingerprint density at radius 3 is 2.62 bits per heavy atom. The van der Waals surface area contributed by atoms with E-state index in [1.54, 1.807) is 0 Å². The number of rotatable bonds is 1. The minimum Gasteiger partial charge on any atom is -0.0885 e. The predicted octanol–water partition coefficient (Wildman–Crippen LogP) is 4.52.